The fourth-order valence-electron chi connectivity index (χ4n) is 3.23. The molecule has 1 fully saturated rings. The van der Waals surface area contributed by atoms with E-state index in [9.17, 15) is 9.18 Å². The highest BCUT2D eigenvalue weighted by atomic mass is 32.1. The van der Waals surface area contributed by atoms with Gasteiger partial charge in [0.1, 0.15) is 6.17 Å². The highest BCUT2D eigenvalue weighted by Crippen LogP contribution is 2.27. The number of hydrogen-bond donors (Lipinski definition) is 0. The average molecular weight is 355 g/mol. The van der Waals surface area contributed by atoms with Crippen LogP contribution < -0.4 is 0 Å². The van der Waals surface area contributed by atoms with Crippen LogP contribution in [0.4, 0.5) is 4.39 Å². The van der Waals surface area contributed by atoms with Gasteiger partial charge in [-0.3, -0.25) is 19.7 Å². The smallest absolute Gasteiger partial charge is 0.152 e. The third kappa shape index (κ3) is 3.75. The van der Waals surface area contributed by atoms with Gasteiger partial charge in [0.2, 0.25) is 0 Å². The van der Waals surface area contributed by atoms with Crippen LogP contribution in [0.25, 0.3) is 21.2 Å². The zero-order valence-electron chi connectivity index (χ0n) is 13.7. The number of ketones is 1. The maximum absolute atomic E-state index is 13.2. The molecule has 3 heterocycles. The van der Waals surface area contributed by atoms with Crippen molar-refractivity contribution in [2.24, 2.45) is 0 Å². The highest BCUT2D eigenvalue weighted by Gasteiger charge is 2.23. The Kier molecular flexibility index (Phi) is 4.55. The number of benzene rings is 1. The Labute approximate surface area is 149 Å². The van der Waals surface area contributed by atoms with Crippen LogP contribution in [0.5, 0.6) is 0 Å². The van der Waals surface area contributed by atoms with Crippen LogP contribution in [0.3, 0.4) is 0 Å². The molecule has 1 aromatic carbocycles. The SMILES string of the molecule is O=C(Cc1cc2cc(-c3cncs3)ccc2cn1)CN1CC[C@H](F)C1. The summed E-state index contributed by atoms with van der Waals surface area (Å²) in [6, 6.07) is 8.17. The standard InChI is InChI=1S/C19H18FN3OS/c20-16-3-4-23(10-16)11-18(24)7-17-6-15-5-13(19-9-21-12-25-19)1-2-14(15)8-22-17/h1-2,5-6,8-9,12,16H,3-4,7,10-11H2/t16-/m0/s1. The number of carbonyl (C=O) groups is 1. The van der Waals surface area contributed by atoms with Gasteiger partial charge in [-0.2, -0.15) is 0 Å². The van der Waals surface area contributed by atoms with Crippen LogP contribution in [-0.4, -0.2) is 46.5 Å². The van der Waals surface area contributed by atoms with Gasteiger partial charge in [0.05, 0.1) is 23.4 Å². The third-order valence-electron chi connectivity index (χ3n) is 4.49. The fourth-order valence-corrected chi connectivity index (χ4v) is 3.85. The summed E-state index contributed by atoms with van der Waals surface area (Å²) in [5, 5.41) is 2.11. The maximum atomic E-state index is 13.2. The number of pyridine rings is 1. The largest absolute Gasteiger partial charge is 0.298 e. The second kappa shape index (κ2) is 6.98. The molecule has 1 saturated heterocycles. The first-order valence-corrected chi connectivity index (χ1v) is 9.21. The lowest BCUT2D eigenvalue weighted by Crippen LogP contribution is -2.29. The molecule has 6 heteroatoms. The molecular weight excluding hydrogens is 337 g/mol. The average Bonchev–Trinajstić information content (AvgIpc) is 3.26. The maximum Gasteiger partial charge on any atom is 0.152 e. The molecule has 1 atom stereocenters. The van der Waals surface area contributed by atoms with E-state index in [0.717, 1.165) is 26.9 Å². The summed E-state index contributed by atoms with van der Waals surface area (Å²) in [5.74, 6) is 0.0829. The number of thiazole rings is 1. The molecule has 0 saturated carbocycles. The Bertz CT molecular complexity index is 897. The summed E-state index contributed by atoms with van der Waals surface area (Å²) in [5.41, 5.74) is 3.69. The van der Waals surface area contributed by atoms with Gasteiger partial charge in [-0.15, -0.1) is 11.3 Å². The molecule has 2 aromatic heterocycles. The zero-order chi connectivity index (χ0) is 17.2. The van der Waals surface area contributed by atoms with Gasteiger partial charge in [-0.25, -0.2) is 4.39 Å². The number of carbonyl (C=O) groups excluding carboxylic acids is 1. The number of hydrogen-bond acceptors (Lipinski definition) is 5. The third-order valence-corrected chi connectivity index (χ3v) is 5.31. The fraction of sp³-hybridized carbons (Fsp3) is 0.316. The molecule has 3 aromatic rings. The van der Waals surface area contributed by atoms with E-state index in [1.54, 1.807) is 11.3 Å². The van der Waals surface area contributed by atoms with Crippen molar-refractivity contribution in [3.05, 3.63) is 47.9 Å². The number of halogens is 1. The first kappa shape index (κ1) is 16.3. The molecule has 0 radical (unpaired) electrons. The van der Waals surface area contributed by atoms with Crippen LogP contribution in [-0.2, 0) is 11.2 Å². The molecular formula is C19H18FN3OS. The van der Waals surface area contributed by atoms with Crippen molar-refractivity contribution in [3.63, 3.8) is 0 Å². The monoisotopic (exact) mass is 355 g/mol. The number of rotatable bonds is 5. The first-order valence-electron chi connectivity index (χ1n) is 8.33. The lowest BCUT2D eigenvalue weighted by Gasteiger charge is -2.13. The number of alkyl halides is 1. The topological polar surface area (TPSA) is 46.1 Å². The lowest BCUT2D eigenvalue weighted by molar-refractivity contribution is -0.119. The van der Waals surface area contributed by atoms with Crippen molar-refractivity contribution in [3.8, 4) is 10.4 Å². The minimum absolute atomic E-state index is 0.0829. The molecule has 0 aliphatic carbocycles. The molecule has 0 spiro atoms. The van der Waals surface area contributed by atoms with Gasteiger partial charge in [0, 0.05) is 36.6 Å². The van der Waals surface area contributed by atoms with Crippen molar-refractivity contribution in [1.82, 2.24) is 14.9 Å². The van der Waals surface area contributed by atoms with Crippen molar-refractivity contribution in [1.29, 1.82) is 0 Å². The molecule has 0 amide bonds. The van der Waals surface area contributed by atoms with E-state index < -0.39 is 6.17 Å². The molecule has 0 N–H and O–H groups in total. The van der Waals surface area contributed by atoms with E-state index in [1.807, 2.05) is 34.9 Å². The van der Waals surface area contributed by atoms with Crippen LogP contribution in [0.2, 0.25) is 0 Å². The van der Waals surface area contributed by atoms with Gasteiger partial charge in [0.15, 0.2) is 5.78 Å². The molecule has 128 valence electrons. The summed E-state index contributed by atoms with van der Waals surface area (Å²) in [4.78, 5) is 23.8. The van der Waals surface area contributed by atoms with E-state index in [1.165, 1.54) is 0 Å². The van der Waals surface area contributed by atoms with Crippen molar-refractivity contribution in [2.75, 3.05) is 19.6 Å². The summed E-state index contributed by atoms with van der Waals surface area (Å²) in [6.45, 7) is 1.34. The van der Waals surface area contributed by atoms with E-state index in [2.05, 4.69) is 22.1 Å². The number of aromatic nitrogens is 2. The van der Waals surface area contributed by atoms with Crippen LogP contribution in [0.1, 0.15) is 12.1 Å². The van der Waals surface area contributed by atoms with E-state index in [0.29, 0.717) is 26.1 Å². The normalized spacial score (nSPS) is 18.0. The van der Waals surface area contributed by atoms with Gasteiger partial charge in [0.25, 0.3) is 0 Å². The van der Waals surface area contributed by atoms with Gasteiger partial charge < -0.3 is 0 Å². The van der Waals surface area contributed by atoms with Crippen molar-refractivity contribution in [2.45, 2.75) is 19.0 Å². The molecule has 4 rings (SSSR count). The molecule has 4 nitrogen and oxygen atoms in total. The van der Waals surface area contributed by atoms with E-state index in [4.69, 9.17) is 0 Å². The van der Waals surface area contributed by atoms with E-state index in [-0.39, 0.29) is 12.2 Å². The van der Waals surface area contributed by atoms with Gasteiger partial charge >= 0.3 is 0 Å². The first-order chi connectivity index (χ1) is 12.2. The Morgan fingerprint density at radius 1 is 1.28 bits per heavy atom. The van der Waals surface area contributed by atoms with Crippen LogP contribution in [0, 0.1) is 0 Å². The molecule has 0 bridgehead atoms. The van der Waals surface area contributed by atoms with Crippen molar-refractivity contribution >= 4 is 27.9 Å². The second-order valence-electron chi connectivity index (χ2n) is 6.44. The van der Waals surface area contributed by atoms with Gasteiger partial charge in [-0.05, 0) is 29.5 Å². The minimum atomic E-state index is -0.795. The second-order valence-corrected chi connectivity index (χ2v) is 7.33. The predicted octanol–water partition coefficient (Wildman–Crippen LogP) is 3.51. The quantitative estimate of drug-likeness (QED) is 0.703. The minimum Gasteiger partial charge on any atom is -0.298 e. The predicted molar refractivity (Wildman–Crippen MR) is 97.5 cm³/mol. The zero-order valence-corrected chi connectivity index (χ0v) is 14.5. The van der Waals surface area contributed by atoms with Crippen LogP contribution in [0.15, 0.2) is 42.2 Å². The summed E-state index contributed by atoms with van der Waals surface area (Å²) < 4.78 is 13.2. The number of Topliss-reactive ketones (excluding diaryl/α,β-unsaturated/α-hetero) is 1. The number of fused-ring (bicyclic) bond motifs is 1. The summed E-state index contributed by atoms with van der Waals surface area (Å²) in [6.07, 6.45) is 3.68. The number of nitrogens with zero attached hydrogens (tertiary/aromatic N) is 3. The Morgan fingerprint density at radius 2 is 2.20 bits per heavy atom. The highest BCUT2D eigenvalue weighted by molar-refractivity contribution is 7.13. The molecule has 25 heavy (non-hydrogen) atoms. The van der Waals surface area contributed by atoms with Crippen LogP contribution >= 0.6 is 11.3 Å². The Morgan fingerprint density at radius 3 is 2.96 bits per heavy atom. The van der Waals surface area contributed by atoms with E-state index >= 15 is 0 Å². The molecule has 1 aliphatic heterocycles. The Balaban J connectivity index is 1.50. The van der Waals surface area contributed by atoms with Gasteiger partial charge in [-0.1, -0.05) is 12.1 Å². The molecule has 1 aliphatic rings. The van der Waals surface area contributed by atoms with Crippen molar-refractivity contribution < 1.29 is 9.18 Å². The summed E-state index contributed by atoms with van der Waals surface area (Å²) >= 11 is 1.60. The Hall–Kier alpha value is -2.18. The molecule has 0 unspecified atom stereocenters. The number of likely N-dealkylation sites (tertiary alicyclic amines) is 1. The summed E-state index contributed by atoms with van der Waals surface area (Å²) in [7, 11) is 0. The lowest BCUT2D eigenvalue weighted by atomic mass is 10.1.